The molecule has 0 amide bonds. The molecule has 0 fully saturated rings. The van der Waals surface area contributed by atoms with Crippen LogP contribution in [0.2, 0.25) is 0 Å². The molecule has 1 aromatic carbocycles. The zero-order valence-electron chi connectivity index (χ0n) is 10.9. The first-order valence-corrected chi connectivity index (χ1v) is 5.48. The first-order chi connectivity index (χ1) is 8.27. The number of aliphatic hydroxyl groups is 1. The maximum Gasteiger partial charge on any atom is 0.165 e. The largest absolute Gasteiger partial charge is 0.494 e. The van der Waals surface area contributed by atoms with Crippen molar-refractivity contribution in [3.63, 3.8) is 0 Å². The van der Waals surface area contributed by atoms with Crippen molar-refractivity contribution in [1.29, 1.82) is 0 Å². The van der Waals surface area contributed by atoms with Crippen LogP contribution in [0.5, 0.6) is 5.75 Å². The summed E-state index contributed by atoms with van der Waals surface area (Å²) >= 11 is 0. The molecule has 1 rings (SSSR count). The third-order valence-electron chi connectivity index (χ3n) is 1.77. The standard InChI is InChI=1S/C10H11FO2.C2H6.CH4O/c1-13-10-7-8(3-2-6-12)4-5-9(10)11;2*1-2/h4-7H,2-3H2,1H3;1-2H3;2H,1H3. The van der Waals surface area contributed by atoms with Gasteiger partial charge in [-0.25, -0.2) is 4.39 Å². The maximum atomic E-state index is 12.9. The second-order valence-electron chi connectivity index (χ2n) is 2.67. The summed E-state index contributed by atoms with van der Waals surface area (Å²) in [7, 11) is 2.42. The Hall–Kier alpha value is -1.42. The van der Waals surface area contributed by atoms with Crippen LogP contribution in [-0.2, 0) is 11.2 Å². The molecule has 0 aliphatic heterocycles. The molecule has 0 aromatic heterocycles. The fourth-order valence-electron chi connectivity index (χ4n) is 1.09. The van der Waals surface area contributed by atoms with Crippen LogP contribution >= 0.6 is 0 Å². The van der Waals surface area contributed by atoms with E-state index < -0.39 is 0 Å². The number of aryl methyl sites for hydroxylation is 1. The third kappa shape index (κ3) is 7.47. The van der Waals surface area contributed by atoms with Crippen molar-refractivity contribution in [2.75, 3.05) is 14.2 Å². The second kappa shape index (κ2) is 12.6. The number of carbonyl (C=O) groups excluding carboxylic acids is 1. The zero-order valence-corrected chi connectivity index (χ0v) is 10.9. The van der Waals surface area contributed by atoms with E-state index in [4.69, 9.17) is 9.84 Å². The molecular formula is C13H21FO3. The Morgan fingerprint density at radius 1 is 1.35 bits per heavy atom. The number of aliphatic hydroxyl groups excluding tert-OH is 1. The number of aldehydes is 1. The van der Waals surface area contributed by atoms with Gasteiger partial charge in [0.2, 0.25) is 0 Å². The number of hydrogen-bond donors (Lipinski definition) is 1. The van der Waals surface area contributed by atoms with Gasteiger partial charge >= 0.3 is 0 Å². The number of methoxy groups -OCH3 is 1. The Balaban J connectivity index is 0. The molecule has 4 heteroatoms. The van der Waals surface area contributed by atoms with E-state index >= 15 is 0 Å². The predicted molar refractivity (Wildman–Crippen MR) is 66.8 cm³/mol. The lowest BCUT2D eigenvalue weighted by molar-refractivity contribution is -0.107. The number of ether oxygens (including phenoxy) is 1. The summed E-state index contributed by atoms with van der Waals surface area (Å²) in [6.45, 7) is 4.00. The summed E-state index contributed by atoms with van der Waals surface area (Å²) in [5.74, 6) is -0.152. The molecule has 1 N–H and O–H groups in total. The van der Waals surface area contributed by atoms with Crippen molar-refractivity contribution >= 4 is 6.29 Å². The van der Waals surface area contributed by atoms with Crippen LogP contribution in [0.25, 0.3) is 0 Å². The first kappa shape index (κ1) is 18.0. The van der Waals surface area contributed by atoms with Crippen LogP contribution < -0.4 is 4.74 Å². The van der Waals surface area contributed by atoms with Crippen molar-refractivity contribution in [3.8, 4) is 5.75 Å². The monoisotopic (exact) mass is 244 g/mol. The van der Waals surface area contributed by atoms with Crippen LogP contribution in [0, 0.1) is 5.82 Å². The quantitative estimate of drug-likeness (QED) is 0.828. The minimum absolute atomic E-state index is 0.225. The van der Waals surface area contributed by atoms with Crippen LogP contribution in [0.15, 0.2) is 18.2 Å². The average Bonchev–Trinajstić information content (AvgIpc) is 2.42. The summed E-state index contributed by atoms with van der Waals surface area (Å²) in [5.41, 5.74) is 0.908. The Bertz CT molecular complexity index is 301. The van der Waals surface area contributed by atoms with E-state index in [0.29, 0.717) is 12.8 Å². The van der Waals surface area contributed by atoms with Crippen LogP contribution in [0.1, 0.15) is 25.8 Å². The Labute approximate surface area is 102 Å². The van der Waals surface area contributed by atoms with Crippen LogP contribution in [-0.4, -0.2) is 25.6 Å². The van der Waals surface area contributed by atoms with Gasteiger partial charge in [-0.1, -0.05) is 19.9 Å². The van der Waals surface area contributed by atoms with Gasteiger partial charge in [0.05, 0.1) is 7.11 Å². The van der Waals surface area contributed by atoms with E-state index in [1.54, 1.807) is 12.1 Å². The fourth-order valence-corrected chi connectivity index (χ4v) is 1.09. The first-order valence-electron chi connectivity index (χ1n) is 5.48. The molecule has 17 heavy (non-hydrogen) atoms. The minimum Gasteiger partial charge on any atom is -0.494 e. The van der Waals surface area contributed by atoms with Crippen molar-refractivity contribution in [2.24, 2.45) is 0 Å². The van der Waals surface area contributed by atoms with E-state index in [-0.39, 0.29) is 11.6 Å². The molecule has 1 aromatic rings. The van der Waals surface area contributed by atoms with Gasteiger partial charge in [0.15, 0.2) is 11.6 Å². The van der Waals surface area contributed by atoms with Gasteiger partial charge in [-0.2, -0.15) is 0 Å². The number of benzene rings is 1. The van der Waals surface area contributed by atoms with Crippen molar-refractivity contribution in [3.05, 3.63) is 29.6 Å². The van der Waals surface area contributed by atoms with Gasteiger partial charge in [0, 0.05) is 13.5 Å². The summed E-state index contributed by atoms with van der Waals surface area (Å²) in [5, 5.41) is 7.00. The predicted octanol–water partition coefficient (Wildman–Crippen LogP) is 2.60. The van der Waals surface area contributed by atoms with E-state index in [1.807, 2.05) is 13.8 Å². The van der Waals surface area contributed by atoms with Crippen LogP contribution in [0.3, 0.4) is 0 Å². The van der Waals surface area contributed by atoms with E-state index in [1.165, 1.54) is 13.2 Å². The molecule has 0 aliphatic rings. The van der Waals surface area contributed by atoms with Gasteiger partial charge in [-0.15, -0.1) is 0 Å². The van der Waals surface area contributed by atoms with E-state index in [9.17, 15) is 9.18 Å². The Morgan fingerprint density at radius 2 is 1.94 bits per heavy atom. The SMILES string of the molecule is CC.CO.COc1cc(CCC=O)ccc1F. The van der Waals surface area contributed by atoms with Gasteiger partial charge < -0.3 is 14.6 Å². The highest BCUT2D eigenvalue weighted by Crippen LogP contribution is 2.18. The van der Waals surface area contributed by atoms with Crippen molar-refractivity contribution in [2.45, 2.75) is 26.7 Å². The van der Waals surface area contributed by atoms with Crippen molar-refractivity contribution < 1.29 is 19.0 Å². The molecule has 0 unspecified atom stereocenters. The van der Waals surface area contributed by atoms with Gasteiger partial charge in [-0.3, -0.25) is 0 Å². The molecule has 0 radical (unpaired) electrons. The zero-order chi connectivity index (χ0) is 13.7. The summed E-state index contributed by atoms with van der Waals surface area (Å²) in [6, 6.07) is 4.61. The summed E-state index contributed by atoms with van der Waals surface area (Å²) in [6.07, 6.45) is 1.92. The smallest absolute Gasteiger partial charge is 0.165 e. The Morgan fingerprint density at radius 3 is 2.41 bits per heavy atom. The van der Waals surface area contributed by atoms with Crippen LogP contribution in [0.4, 0.5) is 4.39 Å². The molecule has 0 heterocycles. The molecule has 0 aliphatic carbocycles. The Kier molecular flexibility index (Phi) is 13.4. The number of halogens is 1. The molecule has 0 spiro atoms. The second-order valence-corrected chi connectivity index (χ2v) is 2.67. The van der Waals surface area contributed by atoms with E-state index in [2.05, 4.69) is 0 Å². The maximum absolute atomic E-state index is 12.9. The highest BCUT2D eigenvalue weighted by Gasteiger charge is 2.02. The van der Waals surface area contributed by atoms with Gasteiger partial charge in [-0.05, 0) is 24.1 Å². The van der Waals surface area contributed by atoms with Crippen molar-refractivity contribution in [1.82, 2.24) is 0 Å². The minimum atomic E-state index is -0.377. The number of hydrogen-bond acceptors (Lipinski definition) is 3. The normalized spacial score (nSPS) is 8.12. The molecule has 0 saturated heterocycles. The number of rotatable bonds is 4. The third-order valence-corrected chi connectivity index (χ3v) is 1.77. The molecule has 98 valence electrons. The molecule has 0 saturated carbocycles. The fraction of sp³-hybridized carbons (Fsp3) is 0.462. The van der Waals surface area contributed by atoms with E-state index in [0.717, 1.165) is 19.0 Å². The topological polar surface area (TPSA) is 46.5 Å². The van der Waals surface area contributed by atoms with Gasteiger partial charge in [0.1, 0.15) is 6.29 Å². The summed E-state index contributed by atoms with van der Waals surface area (Å²) in [4.78, 5) is 10.1. The average molecular weight is 244 g/mol. The lowest BCUT2D eigenvalue weighted by Gasteiger charge is -2.03. The lowest BCUT2D eigenvalue weighted by atomic mass is 10.1. The highest BCUT2D eigenvalue weighted by molar-refractivity contribution is 5.50. The summed E-state index contributed by atoms with van der Waals surface area (Å²) < 4.78 is 17.7. The molecule has 3 nitrogen and oxygen atoms in total. The highest BCUT2D eigenvalue weighted by atomic mass is 19.1. The number of carbonyl (C=O) groups is 1. The molecule has 0 atom stereocenters. The van der Waals surface area contributed by atoms with Gasteiger partial charge in [0.25, 0.3) is 0 Å². The molecular weight excluding hydrogens is 223 g/mol. The molecule has 0 bridgehead atoms. The lowest BCUT2D eigenvalue weighted by Crippen LogP contribution is -1.91.